The third-order valence-corrected chi connectivity index (χ3v) is 1.98. The van der Waals surface area contributed by atoms with Gasteiger partial charge in [-0.1, -0.05) is 35.4 Å². The average Bonchev–Trinajstić information content (AvgIpc) is 2.33. The summed E-state index contributed by atoms with van der Waals surface area (Å²) >= 11 is 0. The summed E-state index contributed by atoms with van der Waals surface area (Å²) in [6.45, 7) is 0.122. The molecule has 84 valence electrons. The first-order chi connectivity index (χ1) is 7.83. The number of azide groups is 1. The SMILES string of the molecule is [N-]=[N+]=NCC(=O)OCCCc1ccccc1. The molecule has 5 heteroatoms. The molecular weight excluding hydrogens is 206 g/mol. The van der Waals surface area contributed by atoms with Crippen LogP contribution in [0.2, 0.25) is 0 Å². The third kappa shape index (κ3) is 5.02. The minimum absolute atomic E-state index is 0.234. The molecule has 16 heavy (non-hydrogen) atoms. The molecule has 0 bridgehead atoms. The van der Waals surface area contributed by atoms with Crippen molar-refractivity contribution in [2.75, 3.05) is 13.2 Å². The molecule has 0 saturated heterocycles. The van der Waals surface area contributed by atoms with Gasteiger partial charge in [0.15, 0.2) is 0 Å². The van der Waals surface area contributed by atoms with Crippen LogP contribution in [-0.4, -0.2) is 19.1 Å². The number of carbonyl (C=O) groups excluding carboxylic acids is 1. The number of aryl methyl sites for hydroxylation is 1. The van der Waals surface area contributed by atoms with Crippen LogP contribution in [0.4, 0.5) is 0 Å². The minimum Gasteiger partial charge on any atom is -0.466 e. The second-order valence-corrected chi connectivity index (χ2v) is 3.20. The van der Waals surface area contributed by atoms with Gasteiger partial charge in [-0.25, -0.2) is 0 Å². The Morgan fingerprint density at radius 3 is 2.81 bits per heavy atom. The van der Waals surface area contributed by atoms with Gasteiger partial charge < -0.3 is 4.74 Å². The number of nitrogens with zero attached hydrogens (tertiary/aromatic N) is 3. The van der Waals surface area contributed by atoms with E-state index in [2.05, 4.69) is 10.0 Å². The second-order valence-electron chi connectivity index (χ2n) is 3.20. The molecule has 1 aromatic carbocycles. The van der Waals surface area contributed by atoms with Crippen LogP contribution < -0.4 is 0 Å². The molecule has 0 aromatic heterocycles. The second kappa shape index (κ2) is 7.31. The van der Waals surface area contributed by atoms with E-state index in [0.29, 0.717) is 6.61 Å². The lowest BCUT2D eigenvalue weighted by molar-refractivity contribution is -0.141. The van der Waals surface area contributed by atoms with Crippen molar-refractivity contribution in [1.29, 1.82) is 0 Å². The Balaban J connectivity index is 2.12. The molecule has 0 amide bonds. The Kier molecular flexibility index (Phi) is 5.52. The van der Waals surface area contributed by atoms with Gasteiger partial charge in [0, 0.05) is 4.91 Å². The summed E-state index contributed by atoms with van der Waals surface area (Å²) in [6, 6.07) is 9.97. The summed E-state index contributed by atoms with van der Waals surface area (Å²) < 4.78 is 4.86. The summed E-state index contributed by atoms with van der Waals surface area (Å²) in [6.07, 6.45) is 1.64. The number of esters is 1. The van der Waals surface area contributed by atoms with E-state index in [1.807, 2.05) is 30.3 Å². The molecule has 0 aliphatic rings. The lowest BCUT2D eigenvalue weighted by atomic mass is 10.1. The van der Waals surface area contributed by atoms with Crippen molar-refractivity contribution in [3.05, 3.63) is 46.3 Å². The zero-order valence-electron chi connectivity index (χ0n) is 8.87. The highest BCUT2D eigenvalue weighted by Crippen LogP contribution is 2.02. The van der Waals surface area contributed by atoms with E-state index >= 15 is 0 Å². The average molecular weight is 219 g/mol. The van der Waals surface area contributed by atoms with Gasteiger partial charge in [0.05, 0.1) is 6.61 Å². The molecule has 0 radical (unpaired) electrons. The van der Waals surface area contributed by atoms with Crippen molar-refractivity contribution < 1.29 is 9.53 Å². The summed E-state index contributed by atoms with van der Waals surface area (Å²) in [5, 5.41) is 3.11. The summed E-state index contributed by atoms with van der Waals surface area (Å²) in [5.74, 6) is -0.481. The van der Waals surface area contributed by atoms with Crippen molar-refractivity contribution in [3.8, 4) is 0 Å². The summed E-state index contributed by atoms with van der Waals surface area (Å²) in [7, 11) is 0. The molecule has 1 aromatic rings. The number of hydrogen-bond donors (Lipinski definition) is 0. The smallest absolute Gasteiger partial charge is 0.311 e. The molecule has 0 saturated carbocycles. The highest BCUT2D eigenvalue weighted by molar-refractivity contribution is 5.71. The molecule has 0 aliphatic carbocycles. The predicted molar refractivity (Wildman–Crippen MR) is 59.7 cm³/mol. The van der Waals surface area contributed by atoms with Crippen LogP contribution in [-0.2, 0) is 16.0 Å². The van der Waals surface area contributed by atoms with Crippen LogP contribution in [0.25, 0.3) is 10.4 Å². The van der Waals surface area contributed by atoms with Gasteiger partial charge in [0.1, 0.15) is 6.54 Å². The van der Waals surface area contributed by atoms with E-state index in [-0.39, 0.29) is 6.54 Å². The first kappa shape index (κ1) is 12.1. The fourth-order valence-electron chi connectivity index (χ4n) is 1.24. The Morgan fingerprint density at radius 1 is 1.38 bits per heavy atom. The standard InChI is InChI=1S/C11H13N3O2/c12-14-13-9-11(15)16-8-4-7-10-5-2-1-3-6-10/h1-3,5-6H,4,7-9H2. The minimum atomic E-state index is -0.481. The Labute approximate surface area is 93.7 Å². The zero-order valence-corrected chi connectivity index (χ0v) is 8.87. The monoisotopic (exact) mass is 219 g/mol. The first-order valence-corrected chi connectivity index (χ1v) is 5.03. The van der Waals surface area contributed by atoms with Crippen LogP contribution in [0.3, 0.4) is 0 Å². The van der Waals surface area contributed by atoms with Crippen LogP contribution in [0.5, 0.6) is 0 Å². The lowest BCUT2D eigenvalue weighted by Gasteiger charge is -2.02. The van der Waals surface area contributed by atoms with Gasteiger partial charge in [0.25, 0.3) is 0 Å². The Hall–Kier alpha value is -2.00. The van der Waals surface area contributed by atoms with E-state index in [1.165, 1.54) is 5.56 Å². The molecule has 0 N–H and O–H groups in total. The van der Waals surface area contributed by atoms with E-state index in [4.69, 9.17) is 10.3 Å². The van der Waals surface area contributed by atoms with Crippen LogP contribution >= 0.6 is 0 Å². The quantitative estimate of drug-likeness (QED) is 0.242. The maximum atomic E-state index is 10.9. The molecule has 0 fully saturated rings. The molecule has 0 spiro atoms. The Bertz CT molecular complexity index is 372. The molecule has 0 aliphatic heterocycles. The predicted octanol–water partition coefficient (Wildman–Crippen LogP) is 2.47. The number of rotatable bonds is 6. The van der Waals surface area contributed by atoms with Gasteiger partial charge in [-0.05, 0) is 23.9 Å². The fourth-order valence-corrected chi connectivity index (χ4v) is 1.24. The molecule has 0 unspecified atom stereocenters. The number of hydrogen-bond acceptors (Lipinski definition) is 3. The summed E-state index contributed by atoms with van der Waals surface area (Å²) in [4.78, 5) is 13.4. The number of carbonyl (C=O) groups is 1. The number of benzene rings is 1. The Morgan fingerprint density at radius 2 is 2.12 bits per heavy atom. The van der Waals surface area contributed by atoms with Crippen LogP contribution in [0.1, 0.15) is 12.0 Å². The maximum Gasteiger partial charge on any atom is 0.311 e. The molecule has 5 nitrogen and oxygen atoms in total. The van der Waals surface area contributed by atoms with E-state index < -0.39 is 5.97 Å². The van der Waals surface area contributed by atoms with Crippen LogP contribution in [0.15, 0.2) is 35.4 Å². The molecular formula is C11H13N3O2. The van der Waals surface area contributed by atoms with Gasteiger partial charge in [-0.2, -0.15) is 0 Å². The van der Waals surface area contributed by atoms with Crippen molar-refractivity contribution in [3.63, 3.8) is 0 Å². The third-order valence-electron chi connectivity index (χ3n) is 1.98. The zero-order chi connectivity index (χ0) is 11.6. The van der Waals surface area contributed by atoms with E-state index in [0.717, 1.165) is 12.8 Å². The highest BCUT2D eigenvalue weighted by atomic mass is 16.5. The topological polar surface area (TPSA) is 75.1 Å². The maximum absolute atomic E-state index is 10.9. The van der Waals surface area contributed by atoms with Gasteiger partial charge in [0.2, 0.25) is 0 Å². The first-order valence-electron chi connectivity index (χ1n) is 5.03. The number of ether oxygens (including phenoxy) is 1. The van der Waals surface area contributed by atoms with E-state index in [9.17, 15) is 4.79 Å². The normalized spacial score (nSPS) is 9.25. The fraction of sp³-hybridized carbons (Fsp3) is 0.364. The van der Waals surface area contributed by atoms with Gasteiger partial charge in [-0.15, -0.1) is 0 Å². The van der Waals surface area contributed by atoms with Crippen molar-refractivity contribution in [2.24, 2.45) is 5.11 Å². The van der Waals surface area contributed by atoms with Crippen molar-refractivity contribution in [1.82, 2.24) is 0 Å². The molecule has 1 rings (SSSR count). The summed E-state index contributed by atoms with van der Waals surface area (Å²) in [5.41, 5.74) is 9.20. The highest BCUT2D eigenvalue weighted by Gasteiger charge is 1.99. The molecule has 0 atom stereocenters. The van der Waals surface area contributed by atoms with E-state index in [1.54, 1.807) is 0 Å². The van der Waals surface area contributed by atoms with Gasteiger partial charge >= 0.3 is 5.97 Å². The van der Waals surface area contributed by atoms with Crippen molar-refractivity contribution >= 4 is 5.97 Å². The van der Waals surface area contributed by atoms with Crippen LogP contribution in [0, 0.1) is 0 Å². The van der Waals surface area contributed by atoms with Crippen molar-refractivity contribution in [2.45, 2.75) is 12.8 Å². The largest absolute Gasteiger partial charge is 0.466 e. The lowest BCUT2D eigenvalue weighted by Crippen LogP contribution is -2.09. The molecule has 0 heterocycles. The van der Waals surface area contributed by atoms with Gasteiger partial charge in [-0.3, -0.25) is 4.79 Å².